The Morgan fingerprint density at radius 3 is 2.35 bits per heavy atom. The highest BCUT2D eigenvalue weighted by atomic mass is 32.2. The van der Waals surface area contributed by atoms with Crippen LogP contribution >= 0.6 is 0 Å². The van der Waals surface area contributed by atoms with Gasteiger partial charge in [0.1, 0.15) is 0 Å². The first-order chi connectivity index (χ1) is 7.88. The van der Waals surface area contributed by atoms with Crippen molar-refractivity contribution in [3.63, 3.8) is 0 Å². The summed E-state index contributed by atoms with van der Waals surface area (Å²) in [6.07, 6.45) is -0.000463. The Morgan fingerprint density at radius 1 is 1.29 bits per heavy atom. The molecule has 0 fully saturated rings. The quantitative estimate of drug-likeness (QED) is 0.739. The number of amides is 1. The van der Waals surface area contributed by atoms with Crippen molar-refractivity contribution < 1.29 is 17.4 Å². The van der Waals surface area contributed by atoms with Gasteiger partial charge >= 0.3 is 10.3 Å². The topological polar surface area (TPSA) is 112 Å². The molecule has 0 bridgehead atoms. The number of benzene rings is 1. The van der Waals surface area contributed by atoms with Crippen molar-refractivity contribution in [2.75, 3.05) is 6.61 Å². The fourth-order valence-corrected chi connectivity index (χ4v) is 1.77. The van der Waals surface area contributed by atoms with E-state index in [0.29, 0.717) is 0 Å². The highest BCUT2D eigenvalue weighted by Crippen LogP contribution is 2.19. The SMILES string of the molecule is NC(=O)C[C@@H](COS(N)(=O)=O)c1ccccc1. The number of hydrogen-bond acceptors (Lipinski definition) is 4. The minimum atomic E-state index is -4.02. The van der Waals surface area contributed by atoms with Crippen molar-refractivity contribution in [1.29, 1.82) is 0 Å². The Morgan fingerprint density at radius 2 is 1.88 bits per heavy atom. The molecule has 94 valence electrons. The van der Waals surface area contributed by atoms with Crippen molar-refractivity contribution >= 4 is 16.2 Å². The molecule has 0 radical (unpaired) electrons. The van der Waals surface area contributed by atoms with Crippen LogP contribution in [0.15, 0.2) is 30.3 Å². The summed E-state index contributed by atoms with van der Waals surface area (Å²) in [4.78, 5) is 10.9. The normalized spacial score (nSPS) is 13.2. The largest absolute Gasteiger partial charge is 0.370 e. The van der Waals surface area contributed by atoms with Crippen LogP contribution in [0.4, 0.5) is 0 Å². The molecule has 0 aromatic heterocycles. The average Bonchev–Trinajstić information content (AvgIpc) is 2.24. The lowest BCUT2D eigenvalue weighted by molar-refractivity contribution is -0.118. The van der Waals surface area contributed by atoms with Crippen LogP contribution in [0.2, 0.25) is 0 Å². The molecule has 0 aliphatic rings. The van der Waals surface area contributed by atoms with E-state index < -0.39 is 22.1 Å². The summed E-state index contributed by atoms with van der Waals surface area (Å²) in [5.41, 5.74) is 5.87. The molecule has 1 amide bonds. The number of hydrogen-bond donors (Lipinski definition) is 2. The second kappa shape index (κ2) is 5.76. The van der Waals surface area contributed by atoms with E-state index in [1.54, 1.807) is 24.3 Å². The van der Waals surface area contributed by atoms with E-state index in [1.165, 1.54) is 0 Å². The zero-order valence-corrected chi connectivity index (χ0v) is 9.89. The molecule has 0 aliphatic carbocycles. The standard InChI is InChI=1S/C10H14N2O4S/c11-10(13)6-9(7-16-17(12,14)15)8-4-2-1-3-5-8/h1-5,9H,6-7H2,(H2,11,13)(H2,12,14,15)/t9-/m0/s1. The van der Waals surface area contributed by atoms with Crippen LogP contribution in [0, 0.1) is 0 Å². The van der Waals surface area contributed by atoms with E-state index >= 15 is 0 Å². The van der Waals surface area contributed by atoms with Crippen LogP contribution in [-0.4, -0.2) is 20.9 Å². The molecule has 0 unspecified atom stereocenters. The lowest BCUT2D eigenvalue weighted by Crippen LogP contribution is -2.23. The fourth-order valence-electron chi connectivity index (χ4n) is 1.42. The smallest absolute Gasteiger partial charge is 0.333 e. The zero-order chi connectivity index (χ0) is 12.9. The fraction of sp³-hybridized carbons (Fsp3) is 0.300. The summed E-state index contributed by atoms with van der Waals surface area (Å²) in [6, 6.07) is 8.89. The predicted octanol–water partition coefficient (Wildman–Crippen LogP) is -0.134. The van der Waals surface area contributed by atoms with Crippen molar-refractivity contribution in [3.8, 4) is 0 Å². The van der Waals surface area contributed by atoms with Gasteiger partial charge in [-0.1, -0.05) is 30.3 Å². The molecule has 1 aromatic carbocycles. The summed E-state index contributed by atoms with van der Waals surface area (Å²) in [5.74, 6) is -0.955. The lowest BCUT2D eigenvalue weighted by Gasteiger charge is -2.14. The van der Waals surface area contributed by atoms with E-state index in [0.717, 1.165) is 5.56 Å². The van der Waals surface area contributed by atoms with Crippen molar-refractivity contribution in [2.24, 2.45) is 10.9 Å². The van der Waals surface area contributed by atoms with Crippen LogP contribution in [0.5, 0.6) is 0 Å². The summed E-state index contributed by atoms with van der Waals surface area (Å²) < 4.78 is 25.9. The lowest BCUT2D eigenvalue weighted by atomic mass is 9.96. The van der Waals surface area contributed by atoms with Gasteiger partial charge in [0, 0.05) is 12.3 Å². The molecule has 4 N–H and O–H groups in total. The third-order valence-corrected chi connectivity index (χ3v) is 2.62. The van der Waals surface area contributed by atoms with Gasteiger partial charge in [0.25, 0.3) is 0 Å². The van der Waals surface area contributed by atoms with E-state index in [-0.39, 0.29) is 13.0 Å². The molecule has 0 aliphatic heterocycles. The van der Waals surface area contributed by atoms with Gasteiger partial charge < -0.3 is 5.73 Å². The number of rotatable bonds is 6. The molecular weight excluding hydrogens is 244 g/mol. The Hall–Kier alpha value is -1.44. The summed E-state index contributed by atoms with van der Waals surface area (Å²) in [5, 5.41) is 4.73. The minimum absolute atomic E-state index is 0.000463. The number of carbonyl (C=O) groups is 1. The monoisotopic (exact) mass is 258 g/mol. The van der Waals surface area contributed by atoms with Crippen LogP contribution in [0.1, 0.15) is 17.9 Å². The van der Waals surface area contributed by atoms with E-state index in [2.05, 4.69) is 4.18 Å². The van der Waals surface area contributed by atoms with Gasteiger partial charge in [0.2, 0.25) is 5.91 Å². The Kier molecular flexibility index (Phi) is 4.62. The van der Waals surface area contributed by atoms with Gasteiger partial charge in [-0.15, -0.1) is 0 Å². The number of primary amides is 1. The first-order valence-corrected chi connectivity index (χ1v) is 6.36. The van der Waals surface area contributed by atoms with Gasteiger partial charge in [-0.2, -0.15) is 8.42 Å². The Labute approximate surface area is 99.8 Å². The maximum atomic E-state index is 10.9. The molecule has 1 rings (SSSR count). The molecule has 0 heterocycles. The minimum Gasteiger partial charge on any atom is -0.370 e. The molecule has 6 nitrogen and oxygen atoms in total. The maximum Gasteiger partial charge on any atom is 0.333 e. The second-order valence-corrected chi connectivity index (χ2v) is 4.78. The van der Waals surface area contributed by atoms with Gasteiger partial charge in [-0.3, -0.25) is 8.98 Å². The summed E-state index contributed by atoms with van der Waals surface area (Å²) in [7, 11) is -4.02. The highest BCUT2D eigenvalue weighted by molar-refractivity contribution is 7.84. The van der Waals surface area contributed by atoms with Gasteiger partial charge in [0.05, 0.1) is 6.61 Å². The maximum absolute atomic E-state index is 10.9. The van der Waals surface area contributed by atoms with Crippen molar-refractivity contribution in [3.05, 3.63) is 35.9 Å². The van der Waals surface area contributed by atoms with Crippen molar-refractivity contribution in [2.45, 2.75) is 12.3 Å². The van der Waals surface area contributed by atoms with E-state index in [1.807, 2.05) is 6.07 Å². The molecular formula is C10H14N2O4S. The predicted molar refractivity (Wildman–Crippen MR) is 62.1 cm³/mol. The number of carbonyl (C=O) groups excluding carboxylic acids is 1. The van der Waals surface area contributed by atoms with Crippen LogP contribution in [0.25, 0.3) is 0 Å². The van der Waals surface area contributed by atoms with Gasteiger partial charge in [0.15, 0.2) is 0 Å². The molecule has 0 spiro atoms. The molecule has 1 atom stereocenters. The van der Waals surface area contributed by atoms with Gasteiger partial charge in [-0.25, -0.2) is 5.14 Å². The second-order valence-electron chi connectivity index (χ2n) is 3.56. The zero-order valence-electron chi connectivity index (χ0n) is 9.07. The molecule has 0 saturated heterocycles. The van der Waals surface area contributed by atoms with Crippen LogP contribution in [-0.2, 0) is 19.3 Å². The van der Waals surface area contributed by atoms with Crippen LogP contribution < -0.4 is 10.9 Å². The first-order valence-electron chi connectivity index (χ1n) is 4.89. The third-order valence-electron chi connectivity index (χ3n) is 2.15. The molecule has 1 aromatic rings. The number of nitrogens with two attached hydrogens (primary N) is 2. The van der Waals surface area contributed by atoms with E-state index in [4.69, 9.17) is 10.9 Å². The average molecular weight is 258 g/mol. The third kappa shape index (κ3) is 5.43. The summed E-state index contributed by atoms with van der Waals surface area (Å²) in [6.45, 7) is -0.203. The Bertz CT molecular complexity index is 472. The Balaban J connectivity index is 2.78. The van der Waals surface area contributed by atoms with Crippen LogP contribution in [0.3, 0.4) is 0 Å². The van der Waals surface area contributed by atoms with E-state index in [9.17, 15) is 13.2 Å². The highest BCUT2D eigenvalue weighted by Gasteiger charge is 2.17. The summed E-state index contributed by atoms with van der Waals surface area (Å²) >= 11 is 0. The molecule has 7 heteroatoms. The first kappa shape index (κ1) is 13.6. The van der Waals surface area contributed by atoms with Crippen molar-refractivity contribution in [1.82, 2.24) is 0 Å². The van der Waals surface area contributed by atoms with Gasteiger partial charge in [-0.05, 0) is 5.56 Å². The molecule has 17 heavy (non-hydrogen) atoms. The molecule has 0 saturated carbocycles.